The number of hydrogen-bond acceptors (Lipinski definition) is 1. The topological polar surface area (TPSA) is 12.0 Å². The van der Waals surface area contributed by atoms with Gasteiger partial charge >= 0.3 is 0 Å². The van der Waals surface area contributed by atoms with Crippen molar-refractivity contribution in [3.05, 3.63) is 71.5 Å². The summed E-state index contributed by atoms with van der Waals surface area (Å²) in [6, 6.07) is 17.4. The zero-order chi connectivity index (χ0) is 12.8. The lowest BCUT2D eigenvalue weighted by molar-refractivity contribution is 0.576. The van der Waals surface area contributed by atoms with Gasteiger partial charge in [-0.15, -0.1) is 0 Å². The van der Waals surface area contributed by atoms with Crippen molar-refractivity contribution in [3.8, 4) is 0 Å². The summed E-state index contributed by atoms with van der Waals surface area (Å²) in [4.78, 5) is 0. The monoisotopic (exact) mass is 243 g/mol. The number of halogens is 1. The zero-order valence-electron chi connectivity index (χ0n) is 10.6. The van der Waals surface area contributed by atoms with E-state index in [9.17, 15) is 4.39 Å². The highest BCUT2D eigenvalue weighted by atomic mass is 19.1. The molecule has 0 saturated carbocycles. The van der Waals surface area contributed by atoms with E-state index in [0.717, 1.165) is 18.5 Å². The molecule has 0 spiro atoms. The Labute approximate surface area is 108 Å². The number of rotatable bonds is 5. The lowest BCUT2D eigenvalue weighted by Gasteiger charge is -2.14. The van der Waals surface area contributed by atoms with Crippen LogP contribution in [0.4, 0.5) is 4.39 Å². The van der Waals surface area contributed by atoms with Gasteiger partial charge in [-0.05, 0) is 43.1 Å². The molecule has 0 aliphatic rings. The van der Waals surface area contributed by atoms with Gasteiger partial charge in [-0.3, -0.25) is 0 Å². The summed E-state index contributed by atoms with van der Waals surface area (Å²) >= 11 is 0. The van der Waals surface area contributed by atoms with Crippen LogP contribution in [-0.4, -0.2) is 6.54 Å². The van der Waals surface area contributed by atoms with Gasteiger partial charge < -0.3 is 5.32 Å². The minimum Gasteiger partial charge on any atom is -0.310 e. The van der Waals surface area contributed by atoms with Gasteiger partial charge in [0.25, 0.3) is 0 Å². The highest BCUT2D eigenvalue weighted by Gasteiger charge is 2.03. The maximum Gasteiger partial charge on any atom is 0.123 e. The summed E-state index contributed by atoms with van der Waals surface area (Å²) in [5.41, 5.74) is 2.45. The predicted octanol–water partition coefficient (Wildman–Crippen LogP) is 3.72. The van der Waals surface area contributed by atoms with E-state index >= 15 is 0 Å². The van der Waals surface area contributed by atoms with Gasteiger partial charge in [0.15, 0.2) is 0 Å². The first kappa shape index (κ1) is 12.8. The molecule has 2 rings (SSSR count). The summed E-state index contributed by atoms with van der Waals surface area (Å²) < 4.78 is 12.7. The average Bonchev–Trinajstić information content (AvgIpc) is 2.42. The van der Waals surface area contributed by atoms with Crippen molar-refractivity contribution < 1.29 is 4.39 Å². The molecule has 0 radical (unpaired) electrons. The minimum atomic E-state index is -0.177. The van der Waals surface area contributed by atoms with Gasteiger partial charge in [0.1, 0.15) is 5.82 Å². The molecule has 2 heteroatoms. The van der Waals surface area contributed by atoms with Crippen molar-refractivity contribution in [2.24, 2.45) is 0 Å². The van der Waals surface area contributed by atoms with Gasteiger partial charge in [0.2, 0.25) is 0 Å². The van der Waals surface area contributed by atoms with E-state index in [1.165, 1.54) is 17.7 Å². The molecule has 2 aromatic rings. The van der Waals surface area contributed by atoms with Crippen LogP contribution in [0.3, 0.4) is 0 Å². The highest BCUT2D eigenvalue weighted by molar-refractivity contribution is 5.19. The molecule has 1 atom stereocenters. The van der Waals surface area contributed by atoms with Gasteiger partial charge in [-0.1, -0.05) is 42.5 Å². The normalized spacial score (nSPS) is 12.3. The quantitative estimate of drug-likeness (QED) is 0.844. The van der Waals surface area contributed by atoms with Crippen molar-refractivity contribution in [3.63, 3.8) is 0 Å². The van der Waals surface area contributed by atoms with E-state index in [2.05, 4.69) is 24.4 Å². The summed E-state index contributed by atoms with van der Waals surface area (Å²) in [7, 11) is 0. The van der Waals surface area contributed by atoms with Crippen LogP contribution in [0.2, 0.25) is 0 Å². The average molecular weight is 243 g/mol. The molecule has 0 aliphatic heterocycles. The second-order valence-corrected chi connectivity index (χ2v) is 4.46. The van der Waals surface area contributed by atoms with Crippen LogP contribution in [-0.2, 0) is 6.42 Å². The molecule has 0 saturated heterocycles. The van der Waals surface area contributed by atoms with Crippen molar-refractivity contribution in [2.45, 2.75) is 19.4 Å². The Hall–Kier alpha value is -1.67. The fourth-order valence-electron chi connectivity index (χ4n) is 1.94. The first-order valence-electron chi connectivity index (χ1n) is 6.28. The number of benzene rings is 2. The van der Waals surface area contributed by atoms with E-state index in [-0.39, 0.29) is 5.82 Å². The number of hydrogen-bond donors (Lipinski definition) is 1. The molecule has 0 heterocycles. The Bertz CT molecular complexity index is 464. The molecule has 94 valence electrons. The van der Waals surface area contributed by atoms with Crippen LogP contribution in [0, 0.1) is 5.82 Å². The third kappa shape index (κ3) is 3.67. The van der Waals surface area contributed by atoms with Crippen LogP contribution in [0.25, 0.3) is 0 Å². The van der Waals surface area contributed by atoms with Crippen LogP contribution < -0.4 is 5.32 Å². The molecule has 1 nitrogen and oxygen atoms in total. The van der Waals surface area contributed by atoms with Crippen molar-refractivity contribution in [1.82, 2.24) is 5.32 Å². The summed E-state index contributed by atoms with van der Waals surface area (Å²) in [6.07, 6.45) is 0.914. The van der Waals surface area contributed by atoms with Crippen LogP contribution in [0.15, 0.2) is 54.6 Å². The maximum atomic E-state index is 12.7. The fourth-order valence-corrected chi connectivity index (χ4v) is 1.94. The molecule has 0 amide bonds. The maximum absolute atomic E-state index is 12.7. The molecule has 0 aliphatic carbocycles. The molecule has 1 N–H and O–H groups in total. The first-order chi connectivity index (χ1) is 8.75. The van der Waals surface area contributed by atoms with Crippen molar-refractivity contribution >= 4 is 0 Å². The van der Waals surface area contributed by atoms with E-state index < -0.39 is 0 Å². The third-order valence-corrected chi connectivity index (χ3v) is 3.08. The van der Waals surface area contributed by atoms with Crippen LogP contribution in [0.1, 0.15) is 24.1 Å². The highest BCUT2D eigenvalue weighted by Crippen LogP contribution is 2.11. The molecular formula is C16H18FN. The van der Waals surface area contributed by atoms with Gasteiger partial charge in [0.05, 0.1) is 0 Å². The Balaban J connectivity index is 1.80. The standard InChI is InChI=1S/C16H18FN/c1-13(15-5-3-2-4-6-15)18-12-11-14-7-9-16(17)10-8-14/h2-10,13,18H,11-12H2,1H3. The van der Waals surface area contributed by atoms with E-state index in [0.29, 0.717) is 6.04 Å². The molecule has 1 unspecified atom stereocenters. The van der Waals surface area contributed by atoms with Gasteiger partial charge in [-0.2, -0.15) is 0 Å². The predicted molar refractivity (Wildman–Crippen MR) is 73.0 cm³/mol. The lowest BCUT2D eigenvalue weighted by Crippen LogP contribution is -2.21. The molecular weight excluding hydrogens is 225 g/mol. The van der Waals surface area contributed by atoms with Crippen molar-refractivity contribution in [1.29, 1.82) is 0 Å². The largest absolute Gasteiger partial charge is 0.310 e. The molecule has 18 heavy (non-hydrogen) atoms. The van der Waals surface area contributed by atoms with E-state index in [1.807, 2.05) is 30.3 Å². The smallest absolute Gasteiger partial charge is 0.123 e. The van der Waals surface area contributed by atoms with Crippen LogP contribution >= 0.6 is 0 Å². The Morgan fingerprint density at radius 2 is 1.67 bits per heavy atom. The van der Waals surface area contributed by atoms with Gasteiger partial charge in [-0.25, -0.2) is 4.39 Å². The Morgan fingerprint density at radius 1 is 1.00 bits per heavy atom. The summed E-state index contributed by atoms with van der Waals surface area (Å²) in [5, 5.41) is 3.47. The number of nitrogens with one attached hydrogen (secondary N) is 1. The van der Waals surface area contributed by atoms with E-state index in [4.69, 9.17) is 0 Å². The van der Waals surface area contributed by atoms with Gasteiger partial charge in [0, 0.05) is 6.04 Å². The minimum absolute atomic E-state index is 0.177. The summed E-state index contributed by atoms with van der Waals surface area (Å²) in [5.74, 6) is -0.177. The second kappa shape index (κ2) is 6.31. The molecule has 0 fully saturated rings. The lowest BCUT2D eigenvalue weighted by atomic mass is 10.1. The van der Waals surface area contributed by atoms with E-state index in [1.54, 1.807) is 0 Å². The fraction of sp³-hybridized carbons (Fsp3) is 0.250. The van der Waals surface area contributed by atoms with Crippen LogP contribution in [0.5, 0.6) is 0 Å². The van der Waals surface area contributed by atoms with Crippen molar-refractivity contribution in [2.75, 3.05) is 6.54 Å². The first-order valence-corrected chi connectivity index (χ1v) is 6.28. The second-order valence-electron chi connectivity index (χ2n) is 4.46. The molecule has 0 aromatic heterocycles. The molecule has 0 bridgehead atoms. The Kier molecular flexibility index (Phi) is 4.48. The summed E-state index contributed by atoms with van der Waals surface area (Å²) in [6.45, 7) is 3.04. The zero-order valence-corrected chi connectivity index (χ0v) is 10.6. The Morgan fingerprint density at radius 3 is 2.33 bits per heavy atom. The SMILES string of the molecule is CC(NCCc1ccc(F)cc1)c1ccccc1. The third-order valence-electron chi connectivity index (χ3n) is 3.08. The molecule has 2 aromatic carbocycles.